The summed E-state index contributed by atoms with van der Waals surface area (Å²) in [6.45, 7) is 10.7. The van der Waals surface area contributed by atoms with Crippen LogP contribution in [0.5, 0.6) is 0 Å². The molecule has 1 aromatic rings. The normalized spacial score (nSPS) is 13.1. The summed E-state index contributed by atoms with van der Waals surface area (Å²) in [5.74, 6) is 2.08. The number of Topliss-reactive ketones (excluding diaryl/α,β-unsaturated/α-hetero) is 1. The van der Waals surface area contributed by atoms with Crippen molar-refractivity contribution < 1.29 is 4.79 Å². The van der Waals surface area contributed by atoms with Crippen molar-refractivity contribution in [3.63, 3.8) is 0 Å². The number of carbonyl (C=O) groups excluding carboxylic acids is 1. The Morgan fingerprint density at radius 2 is 1.59 bits per heavy atom. The van der Waals surface area contributed by atoms with Gasteiger partial charge in [0, 0.05) is 5.56 Å². The highest BCUT2D eigenvalue weighted by molar-refractivity contribution is 5.94. The molecule has 1 atom stereocenters. The Bertz CT molecular complexity index is 360. The minimum atomic E-state index is 0.140. The Morgan fingerprint density at radius 1 is 1.06 bits per heavy atom. The fourth-order valence-electron chi connectivity index (χ4n) is 2.27. The van der Waals surface area contributed by atoms with E-state index in [0.29, 0.717) is 17.8 Å². The van der Waals surface area contributed by atoms with Gasteiger partial charge in [-0.3, -0.25) is 4.79 Å². The average Bonchev–Trinajstić information content (AvgIpc) is 2.25. The molecule has 0 bridgehead atoms. The molecule has 0 aliphatic carbocycles. The molecule has 0 fully saturated rings. The third kappa shape index (κ3) is 3.99. The van der Waals surface area contributed by atoms with Crippen LogP contribution in [0.2, 0.25) is 0 Å². The van der Waals surface area contributed by atoms with Gasteiger partial charge in [0.05, 0.1) is 0 Å². The fourth-order valence-corrected chi connectivity index (χ4v) is 2.27. The van der Waals surface area contributed by atoms with Gasteiger partial charge in [-0.25, -0.2) is 0 Å². The number of benzene rings is 1. The van der Waals surface area contributed by atoms with Crippen molar-refractivity contribution in [3.05, 3.63) is 35.4 Å². The molecule has 1 aromatic carbocycles. The zero-order valence-electron chi connectivity index (χ0n) is 11.7. The van der Waals surface area contributed by atoms with Crippen LogP contribution in [0.15, 0.2) is 24.3 Å². The van der Waals surface area contributed by atoms with Crippen molar-refractivity contribution in [1.82, 2.24) is 0 Å². The van der Waals surface area contributed by atoms with E-state index in [2.05, 4.69) is 39.8 Å². The molecule has 0 amide bonds. The molecule has 0 aliphatic rings. The van der Waals surface area contributed by atoms with Crippen LogP contribution in [0, 0.1) is 11.8 Å². The molecule has 1 nitrogen and oxygen atoms in total. The molecular weight excluding hydrogens is 208 g/mol. The molecule has 0 aromatic heterocycles. The summed E-state index contributed by atoms with van der Waals surface area (Å²) in [5.41, 5.74) is 2.17. The van der Waals surface area contributed by atoms with Crippen LogP contribution in [0.1, 0.15) is 62.9 Å². The van der Waals surface area contributed by atoms with Gasteiger partial charge in [0.1, 0.15) is 0 Å². The van der Waals surface area contributed by atoms with E-state index >= 15 is 0 Å². The summed E-state index contributed by atoms with van der Waals surface area (Å²) in [7, 11) is 0. The molecule has 0 heterocycles. The second-order valence-corrected chi connectivity index (χ2v) is 5.66. The molecule has 94 valence electrons. The van der Waals surface area contributed by atoms with E-state index in [9.17, 15) is 4.79 Å². The first-order valence-electron chi connectivity index (χ1n) is 6.52. The number of carbonyl (C=O) groups is 1. The number of hydrogen-bond donors (Lipinski definition) is 0. The maximum atomic E-state index is 11.2. The SMILES string of the molecule is CC(=O)c1ccc(C(CC(C)C)C(C)C)cc1. The monoisotopic (exact) mass is 232 g/mol. The van der Waals surface area contributed by atoms with Gasteiger partial charge in [0.25, 0.3) is 0 Å². The van der Waals surface area contributed by atoms with Crippen molar-refractivity contribution in [2.45, 2.75) is 47.0 Å². The van der Waals surface area contributed by atoms with Crippen molar-refractivity contribution >= 4 is 5.78 Å². The number of rotatable bonds is 5. The molecule has 0 N–H and O–H groups in total. The standard InChI is InChI=1S/C16H24O/c1-11(2)10-16(12(3)4)15-8-6-14(7-9-15)13(5)17/h6-9,11-12,16H,10H2,1-5H3. The summed E-state index contributed by atoms with van der Waals surface area (Å²) >= 11 is 0. The van der Waals surface area contributed by atoms with Gasteiger partial charge < -0.3 is 0 Å². The maximum absolute atomic E-state index is 11.2. The first-order valence-corrected chi connectivity index (χ1v) is 6.52. The van der Waals surface area contributed by atoms with Crippen molar-refractivity contribution in [2.75, 3.05) is 0 Å². The van der Waals surface area contributed by atoms with Crippen LogP contribution >= 0.6 is 0 Å². The molecule has 0 aliphatic heterocycles. The maximum Gasteiger partial charge on any atom is 0.159 e. The first kappa shape index (κ1) is 14.0. The first-order chi connectivity index (χ1) is 7.91. The Kier molecular flexibility index (Phi) is 4.92. The predicted molar refractivity (Wildman–Crippen MR) is 73.5 cm³/mol. The Hall–Kier alpha value is -1.11. The third-order valence-electron chi connectivity index (χ3n) is 3.28. The quantitative estimate of drug-likeness (QED) is 0.674. The number of hydrogen-bond acceptors (Lipinski definition) is 1. The fraction of sp³-hybridized carbons (Fsp3) is 0.562. The molecule has 0 spiro atoms. The molecule has 1 heteroatoms. The van der Waals surface area contributed by atoms with Crippen molar-refractivity contribution in [3.8, 4) is 0 Å². The molecule has 1 rings (SSSR count). The van der Waals surface area contributed by atoms with Gasteiger partial charge in [0.15, 0.2) is 5.78 Å². The molecule has 0 saturated heterocycles. The molecule has 17 heavy (non-hydrogen) atoms. The summed E-state index contributed by atoms with van der Waals surface area (Å²) in [6, 6.07) is 8.13. The van der Waals surface area contributed by atoms with Crippen LogP contribution in [0.3, 0.4) is 0 Å². The van der Waals surface area contributed by atoms with Gasteiger partial charge in [0.2, 0.25) is 0 Å². The highest BCUT2D eigenvalue weighted by Crippen LogP contribution is 2.31. The lowest BCUT2D eigenvalue weighted by molar-refractivity contribution is 0.101. The summed E-state index contributed by atoms with van der Waals surface area (Å²) < 4.78 is 0. The topological polar surface area (TPSA) is 17.1 Å². The number of ketones is 1. The van der Waals surface area contributed by atoms with E-state index in [-0.39, 0.29) is 5.78 Å². The second kappa shape index (κ2) is 6.00. The lowest BCUT2D eigenvalue weighted by atomic mass is 9.82. The average molecular weight is 232 g/mol. The van der Waals surface area contributed by atoms with Gasteiger partial charge in [-0.2, -0.15) is 0 Å². The molecule has 1 unspecified atom stereocenters. The molecule has 0 radical (unpaired) electrons. The van der Waals surface area contributed by atoms with Crippen LogP contribution in [0.25, 0.3) is 0 Å². The van der Waals surface area contributed by atoms with Gasteiger partial charge >= 0.3 is 0 Å². The largest absolute Gasteiger partial charge is 0.295 e. The lowest BCUT2D eigenvalue weighted by Crippen LogP contribution is -2.10. The zero-order valence-corrected chi connectivity index (χ0v) is 11.7. The molecule has 0 saturated carbocycles. The van der Waals surface area contributed by atoms with E-state index in [1.165, 1.54) is 12.0 Å². The third-order valence-corrected chi connectivity index (χ3v) is 3.28. The van der Waals surface area contributed by atoms with E-state index in [4.69, 9.17) is 0 Å². The Balaban J connectivity index is 2.91. The minimum absolute atomic E-state index is 0.140. The lowest BCUT2D eigenvalue weighted by Gasteiger charge is -2.23. The Morgan fingerprint density at radius 3 is 1.94 bits per heavy atom. The minimum Gasteiger partial charge on any atom is -0.295 e. The van der Waals surface area contributed by atoms with Crippen LogP contribution in [-0.4, -0.2) is 5.78 Å². The highest BCUT2D eigenvalue weighted by atomic mass is 16.1. The second-order valence-electron chi connectivity index (χ2n) is 5.66. The van der Waals surface area contributed by atoms with Gasteiger partial charge in [-0.15, -0.1) is 0 Å². The summed E-state index contributed by atoms with van der Waals surface area (Å²) in [6.07, 6.45) is 1.21. The van der Waals surface area contributed by atoms with E-state index in [1.54, 1.807) is 6.92 Å². The van der Waals surface area contributed by atoms with Crippen LogP contribution in [-0.2, 0) is 0 Å². The smallest absolute Gasteiger partial charge is 0.159 e. The van der Waals surface area contributed by atoms with Crippen LogP contribution < -0.4 is 0 Å². The summed E-state index contributed by atoms with van der Waals surface area (Å²) in [4.78, 5) is 11.2. The van der Waals surface area contributed by atoms with Crippen molar-refractivity contribution in [2.24, 2.45) is 11.8 Å². The van der Waals surface area contributed by atoms with E-state index in [0.717, 1.165) is 5.56 Å². The van der Waals surface area contributed by atoms with E-state index in [1.807, 2.05) is 12.1 Å². The Labute approximate surface area is 105 Å². The van der Waals surface area contributed by atoms with E-state index < -0.39 is 0 Å². The van der Waals surface area contributed by atoms with Crippen molar-refractivity contribution in [1.29, 1.82) is 0 Å². The van der Waals surface area contributed by atoms with Gasteiger partial charge in [-0.1, -0.05) is 52.0 Å². The molecular formula is C16H24O. The zero-order chi connectivity index (χ0) is 13.0. The highest BCUT2D eigenvalue weighted by Gasteiger charge is 2.17. The van der Waals surface area contributed by atoms with Gasteiger partial charge in [-0.05, 0) is 36.7 Å². The predicted octanol–water partition coefficient (Wildman–Crippen LogP) is 4.67. The summed E-state index contributed by atoms with van der Waals surface area (Å²) in [5, 5.41) is 0. The van der Waals surface area contributed by atoms with Crippen LogP contribution in [0.4, 0.5) is 0 Å².